The van der Waals surface area contributed by atoms with Gasteiger partial charge in [-0.3, -0.25) is 4.79 Å². The highest BCUT2D eigenvalue weighted by molar-refractivity contribution is 7.13. The minimum atomic E-state index is -0.234. The number of hydrogen-bond donors (Lipinski definition) is 1. The van der Waals surface area contributed by atoms with Gasteiger partial charge in [-0.25, -0.2) is 14.5 Å². The molecule has 0 aromatic carbocycles. The van der Waals surface area contributed by atoms with Crippen molar-refractivity contribution >= 4 is 22.9 Å². The molecule has 4 aromatic rings. The number of aryl methyl sites for hydroxylation is 3. The van der Waals surface area contributed by atoms with Crippen LogP contribution in [0.5, 0.6) is 0 Å². The molecule has 0 aliphatic rings. The Morgan fingerprint density at radius 3 is 3.00 bits per heavy atom. The topological polar surface area (TPSA) is 109 Å². The van der Waals surface area contributed by atoms with Crippen molar-refractivity contribution in [3.05, 3.63) is 58.2 Å². The molecule has 0 saturated carbocycles. The molecule has 4 aromatic heterocycles. The van der Waals surface area contributed by atoms with Crippen LogP contribution in [0.1, 0.15) is 39.6 Å². The lowest BCUT2D eigenvalue weighted by Crippen LogP contribution is -2.25. The summed E-state index contributed by atoms with van der Waals surface area (Å²) in [5.41, 5.74) is 3.91. The summed E-state index contributed by atoms with van der Waals surface area (Å²) >= 11 is 1.36. The Labute approximate surface area is 170 Å². The van der Waals surface area contributed by atoms with Crippen LogP contribution in [0, 0.1) is 25.2 Å². The molecule has 0 aliphatic heterocycles. The normalized spacial score (nSPS) is 10.9. The Kier molecular flexibility index (Phi) is 5.10. The second-order valence-electron chi connectivity index (χ2n) is 6.58. The molecule has 0 aliphatic carbocycles. The summed E-state index contributed by atoms with van der Waals surface area (Å²) < 4.78 is 7.00. The summed E-state index contributed by atoms with van der Waals surface area (Å²) in [6, 6.07) is 7.73. The second kappa shape index (κ2) is 7.85. The van der Waals surface area contributed by atoms with Crippen LogP contribution >= 0.6 is 11.3 Å². The number of fused-ring (bicyclic) bond motifs is 1. The average molecular weight is 406 g/mol. The molecule has 9 heteroatoms. The molecule has 0 bridgehead atoms. The molecule has 1 N–H and O–H groups in total. The Bertz CT molecular complexity index is 1220. The minimum Gasteiger partial charge on any atom is -0.462 e. The van der Waals surface area contributed by atoms with E-state index in [4.69, 9.17) is 4.42 Å². The summed E-state index contributed by atoms with van der Waals surface area (Å²) in [7, 11) is 0. The number of amides is 1. The Morgan fingerprint density at radius 1 is 1.38 bits per heavy atom. The number of nitrogens with zero attached hydrogens (tertiary/aromatic N) is 5. The number of nitriles is 1. The van der Waals surface area contributed by atoms with Crippen molar-refractivity contribution in [1.82, 2.24) is 24.9 Å². The van der Waals surface area contributed by atoms with Crippen molar-refractivity contribution in [2.24, 2.45) is 0 Å². The molecule has 8 nitrogen and oxygen atoms in total. The van der Waals surface area contributed by atoms with Gasteiger partial charge in [0.2, 0.25) is 0 Å². The number of carbonyl (C=O) groups is 1. The molecule has 0 spiro atoms. The largest absolute Gasteiger partial charge is 0.462 e. The van der Waals surface area contributed by atoms with Crippen molar-refractivity contribution in [2.75, 3.05) is 6.54 Å². The van der Waals surface area contributed by atoms with E-state index in [1.165, 1.54) is 11.3 Å². The summed E-state index contributed by atoms with van der Waals surface area (Å²) in [6.07, 6.45) is 2.79. The number of aromatic nitrogens is 4. The van der Waals surface area contributed by atoms with E-state index in [1.807, 2.05) is 19.9 Å². The highest BCUT2D eigenvalue weighted by Gasteiger charge is 2.16. The van der Waals surface area contributed by atoms with Gasteiger partial charge in [-0.1, -0.05) is 0 Å². The Balaban J connectivity index is 1.38. The number of rotatable bonds is 6. The molecule has 0 unspecified atom stereocenters. The SMILES string of the molecule is Cc1cc(C)n2nc(CCCNC(=O)c3csc(-c4ccco4)n3)c(C#N)c2n1. The van der Waals surface area contributed by atoms with E-state index in [2.05, 4.69) is 26.5 Å². The van der Waals surface area contributed by atoms with Gasteiger partial charge in [0.15, 0.2) is 16.4 Å². The standard InChI is InChI=1S/C20H18N6O2S/c1-12-9-13(2)26-18(23-12)14(10-21)15(25-26)5-3-7-22-19(27)16-11-29-20(24-16)17-6-4-8-28-17/h4,6,8-9,11H,3,5,7H2,1-2H3,(H,22,27). The van der Waals surface area contributed by atoms with Crippen molar-refractivity contribution in [3.8, 4) is 16.8 Å². The molecule has 4 heterocycles. The van der Waals surface area contributed by atoms with E-state index in [0.717, 1.165) is 11.4 Å². The van der Waals surface area contributed by atoms with Crippen LogP contribution in [0.15, 0.2) is 34.3 Å². The first-order valence-electron chi connectivity index (χ1n) is 9.10. The van der Waals surface area contributed by atoms with Crippen LogP contribution in [0.4, 0.5) is 0 Å². The monoisotopic (exact) mass is 406 g/mol. The fourth-order valence-corrected chi connectivity index (χ4v) is 3.86. The smallest absolute Gasteiger partial charge is 0.270 e. The number of hydrogen-bond acceptors (Lipinski definition) is 7. The van der Waals surface area contributed by atoms with E-state index in [9.17, 15) is 10.1 Å². The van der Waals surface area contributed by atoms with Gasteiger partial charge >= 0.3 is 0 Å². The lowest BCUT2D eigenvalue weighted by atomic mass is 10.1. The molecule has 4 rings (SSSR count). The van der Waals surface area contributed by atoms with E-state index >= 15 is 0 Å². The molecule has 146 valence electrons. The zero-order valence-corrected chi connectivity index (χ0v) is 16.8. The highest BCUT2D eigenvalue weighted by Crippen LogP contribution is 2.24. The quantitative estimate of drug-likeness (QED) is 0.492. The second-order valence-corrected chi connectivity index (χ2v) is 7.44. The van der Waals surface area contributed by atoms with Gasteiger partial charge in [-0.05, 0) is 44.9 Å². The number of thiazole rings is 1. The van der Waals surface area contributed by atoms with Crippen LogP contribution in [-0.2, 0) is 6.42 Å². The third-order valence-electron chi connectivity index (χ3n) is 4.42. The molecule has 0 saturated heterocycles. The van der Waals surface area contributed by atoms with Crippen LogP contribution in [0.25, 0.3) is 16.4 Å². The maximum absolute atomic E-state index is 12.3. The van der Waals surface area contributed by atoms with E-state index < -0.39 is 0 Å². The first-order chi connectivity index (χ1) is 14.1. The van der Waals surface area contributed by atoms with Crippen molar-refractivity contribution in [2.45, 2.75) is 26.7 Å². The lowest BCUT2D eigenvalue weighted by Gasteiger charge is -2.02. The summed E-state index contributed by atoms with van der Waals surface area (Å²) in [4.78, 5) is 21.1. The molecule has 0 radical (unpaired) electrons. The molecule has 29 heavy (non-hydrogen) atoms. The van der Waals surface area contributed by atoms with Crippen LogP contribution in [-0.4, -0.2) is 32.0 Å². The maximum Gasteiger partial charge on any atom is 0.270 e. The summed E-state index contributed by atoms with van der Waals surface area (Å²) in [5.74, 6) is 0.409. The van der Waals surface area contributed by atoms with Gasteiger partial charge in [0.1, 0.15) is 17.3 Å². The van der Waals surface area contributed by atoms with Gasteiger partial charge in [0, 0.05) is 23.3 Å². The molecule has 0 atom stereocenters. The van der Waals surface area contributed by atoms with Gasteiger partial charge < -0.3 is 9.73 Å². The van der Waals surface area contributed by atoms with Crippen LogP contribution < -0.4 is 5.32 Å². The molecular formula is C20H18N6O2S. The Morgan fingerprint density at radius 2 is 2.24 bits per heavy atom. The van der Waals surface area contributed by atoms with Crippen molar-refractivity contribution in [3.63, 3.8) is 0 Å². The van der Waals surface area contributed by atoms with Crippen LogP contribution in [0.2, 0.25) is 0 Å². The third-order valence-corrected chi connectivity index (χ3v) is 5.28. The fourth-order valence-electron chi connectivity index (χ4n) is 3.09. The van der Waals surface area contributed by atoms with Crippen molar-refractivity contribution in [1.29, 1.82) is 5.26 Å². The average Bonchev–Trinajstić information content (AvgIpc) is 3.43. The van der Waals surface area contributed by atoms with Gasteiger partial charge in [0.25, 0.3) is 5.91 Å². The minimum absolute atomic E-state index is 0.234. The third kappa shape index (κ3) is 3.75. The molecule has 0 fully saturated rings. The predicted octanol–water partition coefficient (Wildman–Crippen LogP) is 3.30. The summed E-state index contributed by atoms with van der Waals surface area (Å²) in [6.45, 7) is 4.29. The lowest BCUT2D eigenvalue weighted by molar-refractivity contribution is 0.0949. The fraction of sp³-hybridized carbons (Fsp3) is 0.250. The first kappa shape index (κ1) is 18.8. The van der Waals surface area contributed by atoms with Crippen molar-refractivity contribution < 1.29 is 9.21 Å². The van der Waals surface area contributed by atoms with E-state index in [1.54, 1.807) is 28.3 Å². The zero-order chi connectivity index (χ0) is 20.4. The number of furan rings is 1. The first-order valence-corrected chi connectivity index (χ1v) is 9.98. The summed E-state index contributed by atoms with van der Waals surface area (Å²) in [5, 5.41) is 19.3. The molecule has 1 amide bonds. The predicted molar refractivity (Wildman–Crippen MR) is 108 cm³/mol. The van der Waals surface area contributed by atoms with E-state index in [-0.39, 0.29) is 5.91 Å². The number of nitrogens with one attached hydrogen (secondary N) is 1. The van der Waals surface area contributed by atoms with Gasteiger partial charge in [-0.2, -0.15) is 10.4 Å². The van der Waals surface area contributed by atoms with E-state index in [0.29, 0.717) is 52.8 Å². The zero-order valence-electron chi connectivity index (χ0n) is 16.0. The highest BCUT2D eigenvalue weighted by atomic mass is 32.1. The van der Waals surface area contributed by atoms with Gasteiger partial charge in [0.05, 0.1) is 12.0 Å². The van der Waals surface area contributed by atoms with Gasteiger partial charge in [-0.15, -0.1) is 11.3 Å². The Hall–Kier alpha value is -3.51. The maximum atomic E-state index is 12.3. The number of carbonyl (C=O) groups excluding carboxylic acids is 1. The molecular weight excluding hydrogens is 388 g/mol. The van der Waals surface area contributed by atoms with Crippen LogP contribution in [0.3, 0.4) is 0 Å².